The highest BCUT2D eigenvalue weighted by Crippen LogP contribution is 2.51. The van der Waals surface area contributed by atoms with Gasteiger partial charge in [0.15, 0.2) is 11.6 Å². The monoisotopic (exact) mass is 1450 g/mol. The quantitative estimate of drug-likeness (QED) is 0.159. The van der Waals surface area contributed by atoms with Crippen LogP contribution in [0.2, 0.25) is 0 Å². The molecule has 0 saturated heterocycles. The summed E-state index contributed by atoms with van der Waals surface area (Å²) in [5, 5.41) is 16.9. The Bertz CT molecular complexity index is 8120. The Hall–Kier alpha value is -15.1. The summed E-state index contributed by atoms with van der Waals surface area (Å²) in [7, 11) is 0. The van der Waals surface area contributed by atoms with Gasteiger partial charge >= 0.3 is 0 Å². The molecule has 0 radical (unpaired) electrons. The van der Waals surface area contributed by atoms with Crippen LogP contribution >= 0.6 is 0 Å². The minimum absolute atomic E-state index is 0.133. The molecule has 0 fully saturated rings. The molecule has 0 unspecified atom stereocenters. The zero-order valence-electron chi connectivity index (χ0n) is 62.2. The standard InChI is InChI=1S/C54H33N5.C51H34N4/c1-2-14-37(15-3-1)57-47-22-10-6-18-41(47)43-29-27-35(32-51(43)57)53-54(56-46-21-9-8-20-45(46)55-53)59-50-25-13-7-19-42(50)44-31-34-26-28-38(30-36(34)33-52(44)59)58-48-23-11-4-16-39(48)40-17-5-12-24-49(40)58;1-51(2)41-17-7-3-13-35(41)36-26-24-32(29-42(36)51)49-50(53-44-19-9-8-18-43(44)52-49)55-47-22-12-6-16-39(47)40-28-31-23-25-34(27-33(31)30-48(40)55)54-45-20-10-4-14-37(45)38-15-5-11-21-46(38)54/h1-33H;3-30H,1-2H3. The van der Waals surface area contributed by atoms with Crippen LogP contribution in [0, 0.1) is 0 Å². The Labute approximate surface area is 654 Å². The number of nitrogens with zero attached hydrogens (tertiary/aromatic N) is 9. The van der Waals surface area contributed by atoms with Crippen LogP contribution in [0.4, 0.5) is 0 Å². The van der Waals surface area contributed by atoms with Gasteiger partial charge in [-0.2, -0.15) is 0 Å². The van der Waals surface area contributed by atoms with Crippen molar-refractivity contribution in [1.29, 1.82) is 0 Å². The van der Waals surface area contributed by atoms with Crippen molar-refractivity contribution in [3.05, 3.63) is 381 Å². The summed E-state index contributed by atoms with van der Waals surface area (Å²) in [6.45, 7) is 4.67. The number of hydrogen-bond donors (Lipinski definition) is 0. The third kappa shape index (κ3) is 9.47. The minimum Gasteiger partial charge on any atom is -0.309 e. The predicted molar refractivity (Wildman–Crippen MR) is 474 cm³/mol. The SMILES string of the molecule is CC1(C)c2ccccc2-c2ccc(-c3nc4ccccc4nc3-n3c4ccccc4c4cc5ccc(-n6c7ccccc7c7ccccc76)cc5cc43)cc21.c1ccc(-n2c3ccccc3c3ccc(-c4nc5ccccc5nc4-n4c5ccccc5c5cc6ccc(-n7c8ccccc8c8ccccc87)cc6cc54)cc32)cc1. The van der Waals surface area contributed by atoms with Crippen LogP contribution in [0.3, 0.4) is 0 Å². The molecule has 0 saturated carbocycles. The van der Waals surface area contributed by atoms with Crippen LogP contribution in [0.5, 0.6) is 0 Å². The molecule has 9 heteroatoms. The first-order valence-electron chi connectivity index (χ1n) is 39.1. The molecule has 114 heavy (non-hydrogen) atoms. The highest BCUT2D eigenvalue weighted by Gasteiger charge is 2.36. The first-order chi connectivity index (χ1) is 56.3. The van der Waals surface area contributed by atoms with Gasteiger partial charge in [-0.05, 0) is 183 Å². The van der Waals surface area contributed by atoms with Crippen molar-refractivity contribution in [2.75, 3.05) is 0 Å². The van der Waals surface area contributed by atoms with Crippen LogP contribution in [0.15, 0.2) is 370 Å². The van der Waals surface area contributed by atoms with Crippen molar-refractivity contribution in [3.63, 3.8) is 0 Å². The van der Waals surface area contributed by atoms with Crippen LogP contribution in [0.25, 0.3) is 215 Å². The van der Waals surface area contributed by atoms with E-state index in [9.17, 15) is 0 Å². The van der Waals surface area contributed by atoms with E-state index in [0.717, 1.165) is 106 Å². The normalized spacial score (nSPS) is 12.7. The van der Waals surface area contributed by atoms with Crippen molar-refractivity contribution in [2.45, 2.75) is 19.3 Å². The predicted octanol–water partition coefficient (Wildman–Crippen LogP) is 26.7. The molecule has 7 heterocycles. The molecule has 0 aliphatic heterocycles. The summed E-state index contributed by atoms with van der Waals surface area (Å²) in [4.78, 5) is 21.8. The van der Waals surface area contributed by atoms with Crippen molar-refractivity contribution >= 4 is 153 Å². The Balaban J connectivity index is 0.000000132. The van der Waals surface area contributed by atoms with Gasteiger partial charge in [0.05, 0.1) is 77.2 Å². The second kappa shape index (κ2) is 24.5. The van der Waals surface area contributed by atoms with Gasteiger partial charge in [0.1, 0.15) is 11.4 Å². The van der Waals surface area contributed by atoms with E-state index >= 15 is 0 Å². The fourth-order valence-corrected chi connectivity index (χ4v) is 19.0. The van der Waals surface area contributed by atoms with E-state index in [4.69, 9.17) is 19.9 Å². The average molecular weight is 1450 g/mol. The third-order valence-corrected chi connectivity index (χ3v) is 24.3. The Morgan fingerprint density at radius 2 is 0.535 bits per heavy atom. The molecule has 9 nitrogen and oxygen atoms in total. The molecule has 7 aromatic heterocycles. The van der Waals surface area contributed by atoms with E-state index in [1.807, 2.05) is 24.3 Å². The first-order valence-corrected chi connectivity index (χ1v) is 39.1. The molecule has 25 rings (SSSR count). The van der Waals surface area contributed by atoms with Crippen molar-refractivity contribution < 1.29 is 0 Å². The van der Waals surface area contributed by atoms with Crippen molar-refractivity contribution in [3.8, 4) is 62.3 Å². The average Bonchev–Trinajstić information content (AvgIpc) is 1.56. The molecule has 532 valence electrons. The van der Waals surface area contributed by atoms with Gasteiger partial charge in [0, 0.05) is 87.5 Å². The minimum atomic E-state index is -0.133. The summed E-state index contributed by atoms with van der Waals surface area (Å²) in [5.74, 6) is 1.63. The smallest absolute Gasteiger partial charge is 0.165 e. The Morgan fingerprint density at radius 3 is 0.991 bits per heavy atom. The molecule has 17 aromatic carbocycles. The van der Waals surface area contributed by atoms with Crippen LogP contribution in [-0.4, -0.2) is 42.8 Å². The number of para-hydroxylation sites is 12. The maximum atomic E-state index is 5.49. The molecule has 1 aliphatic rings. The zero-order valence-corrected chi connectivity index (χ0v) is 62.2. The molecular formula is C105H67N9. The van der Waals surface area contributed by atoms with E-state index in [0.29, 0.717) is 0 Å². The number of aromatic nitrogens is 9. The summed E-state index contributed by atoms with van der Waals surface area (Å²) in [6.07, 6.45) is 0. The van der Waals surface area contributed by atoms with Gasteiger partial charge in [-0.1, -0.05) is 244 Å². The fraction of sp³-hybridized carbons (Fsp3) is 0.0286. The number of fused-ring (bicyclic) bond motifs is 22. The lowest BCUT2D eigenvalue weighted by molar-refractivity contribution is 0.660. The van der Waals surface area contributed by atoms with Gasteiger partial charge < -0.3 is 13.7 Å². The van der Waals surface area contributed by atoms with Crippen LogP contribution in [-0.2, 0) is 5.41 Å². The van der Waals surface area contributed by atoms with Gasteiger partial charge in [0.25, 0.3) is 0 Å². The lowest BCUT2D eigenvalue weighted by atomic mass is 9.82. The summed E-state index contributed by atoms with van der Waals surface area (Å²) >= 11 is 0. The molecule has 0 N–H and O–H groups in total. The van der Waals surface area contributed by atoms with E-state index in [1.54, 1.807) is 0 Å². The highest BCUT2D eigenvalue weighted by atomic mass is 15.1. The number of rotatable bonds is 7. The van der Waals surface area contributed by atoms with Crippen LogP contribution in [0.1, 0.15) is 25.0 Å². The number of benzene rings is 17. The van der Waals surface area contributed by atoms with Gasteiger partial charge in [-0.15, -0.1) is 0 Å². The van der Waals surface area contributed by atoms with Crippen molar-refractivity contribution in [2.24, 2.45) is 0 Å². The first kappa shape index (κ1) is 63.8. The second-order valence-electron chi connectivity index (χ2n) is 30.9. The largest absolute Gasteiger partial charge is 0.309 e. The fourth-order valence-electron chi connectivity index (χ4n) is 19.0. The van der Waals surface area contributed by atoms with E-state index < -0.39 is 0 Å². The lowest BCUT2D eigenvalue weighted by Crippen LogP contribution is -2.15. The Morgan fingerprint density at radius 1 is 0.202 bits per heavy atom. The Kier molecular flexibility index (Phi) is 13.7. The van der Waals surface area contributed by atoms with Gasteiger partial charge in [-0.3, -0.25) is 9.13 Å². The summed E-state index contributed by atoms with van der Waals surface area (Å²) in [5.41, 5.74) is 27.3. The topological polar surface area (TPSA) is 76.2 Å². The van der Waals surface area contributed by atoms with E-state index in [1.165, 1.54) is 120 Å². The molecule has 1 aliphatic carbocycles. The molecule has 24 aromatic rings. The lowest BCUT2D eigenvalue weighted by Gasteiger charge is -2.22. The molecular weight excluding hydrogens is 1390 g/mol. The van der Waals surface area contributed by atoms with Gasteiger partial charge in [0.2, 0.25) is 0 Å². The van der Waals surface area contributed by atoms with E-state index in [2.05, 4.69) is 382 Å². The maximum Gasteiger partial charge on any atom is 0.165 e. The second-order valence-corrected chi connectivity index (χ2v) is 30.9. The molecule has 0 bridgehead atoms. The maximum absolute atomic E-state index is 5.49. The zero-order chi connectivity index (χ0) is 75.0. The molecule has 0 amide bonds. The number of hydrogen-bond acceptors (Lipinski definition) is 4. The van der Waals surface area contributed by atoms with E-state index in [-0.39, 0.29) is 5.41 Å². The summed E-state index contributed by atoms with van der Waals surface area (Å²) < 4.78 is 11.8. The van der Waals surface area contributed by atoms with Crippen LogP contribution < -0.4 is 0 Å². The van der Waals surface area contributed by atoms with Crippen molar-refractivity contribution in [1.82, 2.24) is 42.8 Å². The molecule has 0 atom stereocenters. The third-order valence-electron chi connectivity index (χ3n) is 24.3. The molecule has 0 spiro atoms. The van der Waals surface area contributed by atoms with Gasteiger partial charge in [-0.25, -0.2) is 19.9 Å². The summed E-state index contributed by atoms with van der Waals surface area (Å²) in [6, 6.07) is 133. The highest BCUT2D eigenvalue weighted by molar-refractivity contribution is 6.18.